The second kappa shape index (κ2) is 5.85. The van der Waals surface area contributed by atoms with E-state index < -0.39 is 0 Å². The van der Waals surface area contributed by atoms with Crippen molar-refractivity contribution in [1.82, 2.24) is 10.6 Å². The molecule has 1 aromatic rings. The lowest BCUT2D eigenvalue weighted by molar-refractivity contribution is 0.0290. The lowest BCUT2D eigenvalue weighted by Gasteiger charge is -2.23. The molecule has 2 rings (SSSR count). The van der Waals surface area contributed by atoms with Crippen LogP contribution in [0.4, 0.5) is 0 Å². The van der Waals surface area contributed by atoms with E-state index in [2.05, 4.69) is 34.9 Å². The minimum Gasteiger partial charge on any atom is -0.374 e. The van der Waals surface area contributed by atoms with E-state index in [1.807, 2.05) is 6.07 Å². The third kappa shape index (κ3) is 3.63. The van der Waals surface area contributed by atoms with Gasteiger partial charge in [-0.15, -0.1) is 0 Å². The number of rotatable bonds is 4. The van der Waals surface area contributed by atoms with E-state index in [1.54, 1.807) is 0 Å². The number of nitrogens with one attached hydrogen (secondary N) is 2. The van der Waals surface area contributed by atoms with Gasteiger partial charge in [0.1, 0.15) is 0 Å². The second-order valence-electron chi connectivity index (χ2n) is 3.81. The standard InChI is InChI=1S/C12H18N2O/c1-2-4-11(5-3-1)8-14-10-12-9-13-6-7-15-12/h1-5,12-14H,6-10H2/t12-/m1/s1. The minimum atomic E-state index is 0.322. The van der Waals surface area contributed by atoms with Gasteiger partial charge in [-0.05, 0) is 5.56 Å². The molecule has 1 heterocycles. The number of hydrogen-bond acceptors (Lipinski definition) is 3. The molecule has 0 radical (unpaired) electrons. The van der Waals surface area contributed by atoms with Gasteiger partial charge in [-0.25, -0.2) is 0 Å². The van der Waals surface area contributed by atoms with Crippen LogP contribution in [0.25, 0.3) is 0 Å². The molecule has 0 saturated carbocycles. The van der Waals surface area contributed by atoms with Crippen molar-refractivity contribution in [3.8, 4) is 0 Å². The molecule has 0 aliphatic carbocycles. The molecule has 1 saturated heterocycles. The predicted octanol–water partition coefficient (Wildman–Crippen LogP) is 0.765. The molecular formula is C12H18N2O. The first-order valence-corrected chi connectivity index (χ1v) is 5.52. The van der Waals surface area contributed by atoms with E-state index in [0.717, 1.165) is 32.8 Å². The largest absolute Gasteiger partial charge is 0.374 e. The van der Waals surface area contributed by atoms with E-state index in [-0.39, 0.29) is 0 Å². The molecule has 3 heteroatoms. The third-order valence-corrected chi connectivity index (χ3v) is 2.55. The van der Waals surface area contributed by atoms with Gasteiger partial charge in [0, 0.05) is 26.2 Å². The van der Waals surface area contributed by atoms with Gasteiger partial charge in [-0.3, -0.25) is 0 Å². The van der Waals surface area contributed by atoms with Gasteiger partial charge < -0.3 is 15.4 Å². The van der Waals surface area contributed by atoms with Crippen molar-refractivity contribution in [2.24, 2.45) is 0 Å². The molecule has 1 aromatic carbocycles. The molecule has 0 unspecified atom stereocenters. The van der Waals surface area contributed by atoms with Crippen molar-refractivity contribution in [3.05, 3.63) is 35.9 Å². The Kier molecular flexibility index (Phi) is 4.14. The maximum absolute atomic E-state index is 5.59. The number of ether oxygens (including phenoxy) is 1. The van der Waals surface area contributed by atoms with Crippen molar-refractivity contribution >= 4 is 0 Å². The van der Waals surface area contributed by atoms with Gasteiger partial charge in [-0.2, -0.15) is 0 Å². The Morgan fingerprint density at radius 2 is 2.20 bits per heavy atom. The zero-order valence-electron chi connectivity index (χ0n) is 8.91. The Bertz CT molecular complexity index is 270. The molecule has 1 fully saturated rings. The van der Waals surface area contributed by atoms with Crippen LogP contribution in [0.2, 0.25) is 0 Å². The quantitative estimate of drug-likeness (QED) is 0.763. The summed E-state index contributed by atoms with van der Waals surface area (Å²) in [6.07, 6.45) is 0.322. The molecule has 0 spiro atoms. The Morgan fingerprint density at radius 1 is 1.33 bits per heavy atom. The highest BCUT2D eigenvalue weighted by atomic mass is 16.5. The Hall–Kier alpha value is -0.900. The predicted molar refractivity (Wildman–Crippen MR) is 60.8 cm³/mol. The lowest BCUT2D eigenvalue weighted by Crippen LogP contribution is -2.43. The molecule has 3 nitrogen and oxygen atoms in total. The summed E-state index contributed by atoms with van der Waals surface area (Å²) in [6, 6.07) is 10.4. The van der Waals surface area contributed by atoms with Crippen LogP contribution in [0, 0.1) is 0 Å². The van der Waals surface area contributed by atoms with E-state index in [1.165, 1.54) is 5.56 Å². The normalized spacial score (nSPS) is 21.5. The van der Waals surface area contributed by atoms with Crippen molar-refractivity contribution < 1.29 is 4.74 Å². The zero-order valence-corrected chi connectivity index (χ0v) is 8.91. The van der Waals surface area contributed by atoms with Gasteiger partial charge in [0.15, 0.2) is 0 Å². The molecule has 1 atom stereocenters. The van der Waals surface area contributed by atoms with Crippen LogP contribution >= 0.6 is 0 Å². The van der Waals surface area contributed by atoms with Gasteiger partial charge >= 0.3 is 0 Å². The average molecular weight is 206 g/mol. The van der Waals surface area contributed by atoms with E-state index in [0.29, 0.717) is 6.10 Å². The monoisotopic (exact) mass is 206 g/mol. The summed E-state index contributed by atoms with van der Waals surface area (Å²) >= 11 is 0. The summed E-state index contributed by atoms with van der Waals surface area (Å²) in [5.41, 5.74) is 1.32. The molecule has 0 amide bonds. The fraction of sp³-hybridized carbons (Fsp3) is 0.500. The maximum Gasteiger partial charge on any atom is 0.0824 e. The molecule has 2 N–H and O–H groups in total. The summed E-state index contributed by atoms with van der Waals surface area (Å²) in [5, 5.41) is 6.72. The second-order valence-corrected chi connectivity index (χ2v) is 3.81. The first-order valence-electron chi connectivity index (χ1n) is 5.52. The highest BCUT2D eigenvalue weighted by Crippen LogP contribution is 1.98. The van der Waals surface area contributed by atoms with Crippen molar-refractivity contribution in [2.45, 2.75) is 12.6 Å². The molecule has 0 bridgehead atoms. The van der Waals surface area contributed by atoms with Crippen LogP contribution < -0.4 is 10.6 Å². The first kappa shape index (κ1) is 10.6. The molecule has 0 aromatic heterocycles. The zero-order chi connectivity index (χ0) is 10.3. The van der Waals surface area contributed by atoms with Crippen LogP contribution in [-0.2, 0) is 11.3 Å². The van der Waals surface area contributed by atoms with Crippen LogP contribution in [0.5, 0.6) is 0 Å². The van der Waals surface area contributed by atoms with E-state index in [4.69, 9.17) is 4.74 Å². The van der Waals surface area contributed by atoms with Gasteiger partial charge in [-0.1, -0.05) is 30.3 Å². The maximum atomic E-state index is 5.59. The van der Waals surface area contributed by atoms with Crippen LogP contribution in [-0.4, -0.2) is 32.3 Å². The third-order valence-electron chi connectivity index (χ3n) is 2.55. The van der Waals surface area contributed by atoms with E-state index in [9.17, 15) is 0 Å². The number of hydrogen-bond donors (Lipinski definition) is 2. The van der Waals surface area contributed by atoms with Crippen molar-refractivity contribution in [3.63, 3.8) is 0 Å². The topological polar surface area (TPSA) is 33.3 Å². The lowest BCUT2D eigenvalue weighted by atomic mass is 10.2. The number of morpholine rings is 1. The summed E-state index contributed by atoms with van der Waals surface area (Å²) in [7, 11) is 0. The molecule has 82 valence electrons. The van der Waals surface area contributed by atoms with E-state index >= 15 is 0 Å². The fourth-order valence-corrected chi connectivity index (χ4v) is 1.72. The fourth-order valence-electron chi connectivity index (χ4n) is 1.72. The van der Waals surface area contributed by atoms with Crippen LogP contribution in [0.15, 0.2) is 30.3 Å². The molecule has 1 aliphatic rings. The van der Waals surface area contributed by atoms with Gasteiger partial charge in [0.25, 0.3) is 0 Å². The summed E-state index contributed by atoms with van der Waals surface area (Å²) < 4.78 is 5.59. The van der Waals surface area contributed by atoms with Gasteiger partial charge in [0.05, 0.1) is 12.7 Å². The molecular weight excluding hydrogens is 188 g/mol. The number of benzene rings is 1. The highest BCUT2D eigenvalue weighted by Gasteiger charge is 2.11. The average Bonchev–Trinajstić information content (AvgIpc) is 2.32. The minimum absolute atomic E-state index is 0.322. The molecule has 15 heavy (non-hydrogen) atoms. The highest BCUT2D eigenvalue weighted by molar-refractivity contribution is 5.14. The van der Waals surface area contributed by atoms with Crippen LogP contribution in [0.3, 0.4) is 0 Å². The molecule has 1 aliphatic heterocycles. The van der Waals surface area contributed by atoms with Crippen molar-refractivity contribution in [1.29, 1.82) is 0 Å². The summed E-state index contributed by atoms with van der Waals surface area (Å²) in [6.45, 7) is 4.61. The Labute approximate surface area is 90.8 Å². The Morgan fingerprint density at radius 3 is 2.93 bits per heavy atom. The SMILES string of the molecule is c1ccc(CNC[C@H]2CNCCO2)cc1. The van der Waals surface area contributed by atoms with Crippen LogP contribution in [0.1, 0.15) is 5.56 Å². The van der Waals surface area contributed by atoms with Gasteiger partial charge in [0.2, 0.25) is 0 Å². The Balaban J connectivity index is 1.66. The summed E-state index contributed by atoms with van der Waals surface area (Å²) in [5.74, 6) is 0. The first-order chi connectivity index (χ1) is 7.45. The van der Waals surface area contributed by atoms with Crippen molar-refractivity contribution in [2.75, 3.05) is 26.2 Å². The summed E-state index contributed by atoms with van der Waals surface area (Å²) in [4.78, 5) is 0. The smallest absolute Gasteiger partial charge is 0.0824 e.